The lowest BCUT2D eigenvalue weighted by molar-refractivity contribution is -0.150. The molecule has 7 heteroatoms. The summed E-state index contributed by atoms with van der Waals surface area (Å²) in [5.41, 5.74) is 5.13. The number of nitrogens with two attached hydrogens (primary N) is 1. The van der Waals surface area contributed by atoms with Gasteiger partial charge in [-0.1, -0.05) is 11.8 Å². The molecule has 0 atom stereocenters. The molecule has 0 saturated carbocycles. The van der Waals surface area contributed by atoms with Crippen molar-refractivity contribution in [2.75, 3.05) is 11.9 Å². The van der Waals surface area contributed by atoms with Gasteiger partial charge < -0.3 is 11.1 Å². The predicted molar refractivity (Wildman–Crippen MR) is 61.6 cm³/mol. The van der Waals surface area contributed by atoms with Gasteiger partial charge in [-0.2, -0.15) is 13.2 Å². The van der Waals surface area contributed by atoms with Crippen LogP contribution in [0.15, 0.2) is 18.2 Å². The Morgan fingerprint density at radius 1 is 1.37 bits per heavy atom. The molecule has 3 N–H and O–H groups in total. The van der Waals surface area contributed by atoms with Gasteiger partial charge in [-0.15, -0.1) is 0 Å². The van der Waals surface area contributed by atoms with Crippen LogP contribution in [0.4, 0.5) is 23.2 Å². The van der Waals surface area contributed by atoms with Crippen LogP contribution in [0.5, 0.6) is 0 Å². The molecule has 1 aromatic carbocycles. The van der Waals surface area contributed by atoms with E-state index >= 15 is 0 Å². The molecule has 0 fully saturated rings. The summed E-state index contributed by atoms with van der Waals surface area (Å²) in [6, 6.07) is 3.52. The second-order valence-electron chi connectivity index (χ2n) is 3.54. The molecule has 0 heterocycles. The number of carbonyl (C=O) groups is 1. The fourth-order valence-electron chi connectivity index (χ4n) is 1.22. The molecule has 0 aliphatic rings. The van der Waals surface area contributed by atoms with Crippen molar-refractivity contribution in [3.05, 3.63) is 29.6 Å². The Kier molecular flexibility index (Phi) is 4.89. The Bertz CT molecular complexity index is 529. The van der Waals surface area contributed by atoms with Gasteiger partial charge in [0.25, 0.3) is 0 Å². The van der Waals surface area contributed by atoms with E-state index in [0.29, 0.717) is 5.56 Å². The lowest BCUT2D eigenvalue weighted by Crippen LogP contribution is -2.21. The van der Waals surface area contributed by atoms with Crippen LogP contribution in [-0.4, -0.2) is 18.6 Å². The zero-order valence-electron chi connectivity index (χ0n) is 9.64. The molecule has 0 saturated heterocycles. The summed E-state index contributed by atoms with van der Waals surface area (Å²) in [6.07, 6.45) is -6.30. The maximum absolute atomic E-state index is 13.5. The molecule has 1 rings (SSSR count). The largest absolute Gasteiger partial charge is 0.397 e. The normalized spacial score (nSPS) is 10.6. The summed E-state index contributed by atoms with van der Waals surface area (Å²) >= 11 is 0. The van der Waals surface area contributed by atoms with Crippen molar-refractivity contribution in [1.82, 2.24) is 0 Å². The minimum absolute atomic E-state index is 0.103. The molecule has 1 amide bonds. The van der Waals surface area contributed by atoms with E-state index in [2.05, 4.69) is 11.8 Å². The highest BCUT2D eigenvalue weighted by atomic mass is 19.4. The van der Waals surface area contributed by atoms with Crippen LogP contribution in [-0.2, 0) is 4.79 Å². The van der Waals surface area contributed by atoms with Gasteiger partial charge in [0, 0.05) is 5.56 Å². The SMILES string of the molecule is NCC#Cc1ccc(NC(=O)CC(F)(F)F)c(F)c1. The van der Waals surface area contributed by atoms with E-state index in [-0.39, 0.29) is 12.2 Å². The molecular formula is C12H10F4N2O. The molecule has 0 aromatic heterocycles. The summed E-state index contributed by atoms with van der Waals surface area (Å²) in [5.74, 6) is 2.87. The average Bonchev–Trinajstić information content (AvgIpc) is 2.27. The number of amides is 1. The first-order chi connectivity index (χ1) is 8.81. The summed E-state index contributed by atoms with van der Waals surface area (Å²) in [7, 11) is 0. The van der Waals surface area contributed by atoms with Crippen LogP contribution < -0.4 is 11.1 Å². The number of hydrogen-bond donors (Lipinski definition) is 2. The van der Waals surface area contributed by atoms with E-state index in [0.717, 1.165) is 12.1 Å². The van der Waals surface area contributed by atoms with Crippen molar-refractivity contribution in [2.45, 2.75) is 12.6 Å². The Morgan fingerprint density at radius 3 is 2.58 bits per heavy atom. The molecular weight excluding hydrogens is 264 g/mol. The molecule has 0 unspecified atom stereocenters. The minimum Gasteiger partial charge on any atom is -0.323 e. The van der Waals surface area contributed by atoms with Crippen LogP contribution in [0.3, 0.4) is 0 Å². The minimum atomic E-state index is -4.63. The van der Waals surface area contributed by atoms with Gasteiger partial charge in [0.2, 0.25) is 5.91 Å². The number of hydrogen-bond acceptors (Lipinski definition) is 2. The summed E-state index contributed by atoms with van der Waals surface area (Å²) in [6.45, 7) is 0.103. The van der Waals surface area contributed by atoms with Crippen LogP contribution >= 0.6 is 0 Å². The lowest BCUT2D eigenvalue weighted by Gasteiger charge is -2.08. The molecule has 3 nitrogen and oxygen atoms in total. The first kappa shape index (κ1) is 15.0. The Labute approximate surface area is 106 Å². The zero-order chi connectivity index (χ0) is 14.5. The van der Waals surface area contributed by atoms with E-state index in [9.17, 15) is 22.4 Å². The Morgan fingerprint density at radius 2 is 2.05 bits per heavy atom. The van der Waals surface area contributed by atoms with Crippen molar-refractivity contribution in [1.29, 1.82) is 0 Å². The number of nitrogens with one attached hydrogen (secondary N) is 1. The number of halogens is 4. The second-order valence-corrected chi connectivity index (χ2v) is 3.54. The highest BCUT2D eigenvalue weighted by Crippen LogP contribution is 2.21. The maximum Gasteiger partial charge on any atom is 0.397 e. The van der Waals surface area contributed by atoms with Crippen molar-refractivity contribution >= 4 is 11.6 Å². The highest BCUT2D eigenvalue weighted by Gasteiger charge is 2.31. The van der Waals surface area contributed by atoms with Gasteiger partial charge in [-0.25, -0.2) is 4.39 Å². The van der Waals surface area contributed by atoms with Crippen LogP contribution in [0, 0.1) is 17.7 Å². The zero-order valence-corrected chi connectivity index (χ0v) is 9.64. The fraction of sp³-hybridized carbons (Fsp3) is 0.250. The van der Waals surface area contributed by atoms with Crippen LogP contribution in [0.25, 0.3) is 0 Å². The molecule has 0 radical (unpaired) electrons. The third kappa shape index (κ3) is 5.40. The monoisotopic (exact) mass is 274 g/mol. The quantitative estimate of drug-likeness (QED) is 0.640. The first-order valence-corrected chi connectivity index (χ1v) is 5.17. The number of alkyl halides is 3. The molecule has 1 aromatic rings. The number of benzene rings is 1. The molecule has 0 aliphatic carbocycles. The van der Waals surface area contributed by atoms with Gasteiger partial charge in [0.05, 0.1) is 12.2 Å². The van der Waals surface area contributed by atoms with Gasteiger partial charge in [-0.3, -0.25) is 4.79 Å². The topological polar surface area (TPSA) is 55.1 Å². The van der Waals surface area contributed by atoms with Gasteiger partial charge in [0.15, 0.2) is 0 Å². The lowest BCUT2D eigenvalue weighted by atomic mass is 10.2. The van der Waals surface area contributed by atoms with E-state index in [4.69, 9.17) is 5.73 Å². The van der Waals surface area contributed by atoms with E-state index in [1.54, 1.807) is 0 Å². The van der Waals surface area contributed by atoms with Gasteiger partial charge in [-0.05, 0) is 18.2 Å². The van der Waals surface area contributed by atoms with Crippen LogP contribution in [0.1, 0.15) is 12.0 Å². The van der Waals surface area contributed by atoms with Gasteiger partial charge in [0.1, 0.15) is 12.2 Å². The van der Waals surface area contributed by atoms with Crippen molar-refractivity contribution in [2.24, 2.45) is 5.73 Å². The number of carbonyl (C=O) groups excluding carboxylic acids is 1. The first-order valence-electron chi connectivity index (χ1n) is 5.17. The van der Waals surface area contributed by atoms with Crippen LogP contribution in [0.2, 0.25) is 0 Å². The van der Waals surface area contributed by atoms with E-state index < -0.39 is 24.3 Å². The molecule has 102 valence electrons. The van der Waals surface area contributed by atoms with E-state index in [1.165, 1.54) is 6.07 Å². The second kappa shape index (κ2) is 6.20. The molecule has 0 spiro atoms. The molecule has 19 heavy (non-hydrogen) atoms. The predicted octanol–water partition coefficient (Wildman–Crippen LogP) is 2.03. The van der Waals surface area contributed by atoms with Crippen molar-refractivity contribution < 1.29 is 22.4 Å². The van der Waals surface area contributed by atoms with Gasteiger partial charge >= 0.3 is 6.18 Å². The standard InChI is InChI=1S/C12H10F4N2O/c13-9-6-8(2-1-5-17)3-4-10(9)18-11(19)7-12(14,15)16/h3-4,6H,5,7,17H2,(H,18,19). The molecule has 0 aliphatic heterocycles. The Hall–Kier alpha value is -2.07. The van der Waals surface area contributed by atoms with Crippen molar-refractivity contribution in [3.8, 4) is 11.8 Å². The highest BCUT2D eigenvalue weighted by molar-refractivity contribution is 5.91. The van der Waals surface area contributed by atoms with Crippen molar-refractivity contribution in [3.63, 3.8) is 0 Å². The molecule has 0 bridgehead atoms. The number of anilines is 1. The smallest absolute Gasteiger partial charge is 0.323 e. The average molecular weight is 274 g/mol. The summed E-state index contributed by atoms with van der Waals surface area (Å²) in [5, 5.41) is 1.84. The Balaban J connectivity index is 2.78. The fourth-order valence-corrected chi connectivity index (χ4v) is 1.22. The summed E-state index contributed by atoms with van der Waals surface area (Å²) < 4.78 is 49.3. The number of rotatable bonds is 2. The summed E-state index contributed by atoms with van der Waals surface area (Å²) in [4.78, 5) is 11.0. The third-order valence-corrected chi connectivity index (χ3v) is 1.94. The third-order valence-electron chi connectivity index (χ3n) is 1.94. The van der Waals surface area contributed by atoms with E-state index in [1.807, 2.05) is 5.32 Å². The maximum atomic E-state index is 13.5.